The van der Waals surface area contributed by atoms with E-state index in [0.29, 0.717) is 12.5 Å². The number of benzene rings is 1. The van der Waals surface area contributed by atoms with Gasteiger partial charge in [0.05, 0.1) is 0 Å². The van der Waals surface area contributed by atoms with E-state index in [1.54, 1.807) is 11.3 Å². The first-order valence-corrected chi connectivity index (χ1v) is 8.95. The van der Waals surface area contributed by atoms with Crippen molar-refractivity contribution < 1.29 is 5.11 Å². The highest BCUT2D eigenvalue weighted by Crippen LogP contribution is 2.20. The summed E-state index contributed by atoms with van der Waals surface area (Å²) < 4.78 is 0. The number of nitrogens with zero attached hydrogens (tertiary/aromatic N) is 1. The van der Waals surface area contributed by atoms with Crippen molar-refractivity contribution in [2.45, 2.75) is 25.9 Å². The summed E-state index contributed by atoms with van der Waals surface area (Å²) in [4.78, 5) is 2.49. The normalized spacial score (nSPS) is 16.8. The monoisotopic (exact) mass is 316 g/mol. The van der Waals surface area contributed by atoms with Gasteiger partial charge in [-0.15, -0.1) is 0 Å². The van der Waals surface area contributed by atoms with E-state index >= 15 is 0 Å². The fraction of sp³-hybridized carbons (Fsp3) is 0.444. The Morgan fingerprint density at radius 2 is 2.05 bits per heavy atom. The van der Waals surface area contributed by atoms with Gasteiger partial charge in [-0.25, -0.2) is 0 Å². The Bertz CT molecular complexity index is 562. The maximum atomic E-state index is 9.21. The van der Waals surface area contributed by atoms with Crippen LogP contribution >= 0.6 is 11.3 Å². The number of aliphatic hydroxyl groups is 1. The van der Waals surface area contributed by atoms with Crippen LogP contribution in [0.5, 0.6) is 0 Å². The van der Waals surface area contributed by atoms with E-state index in [2.05, 4.69) is 51.3 Å². The molecule has 1 saturated heterocycles. The molecule has 3 rings (SSSR count). The molecule has 0 saturated carbocycles. The molecule has 22 heavy (non-hydrogen) atoms. The third-order valence-electron chi connectivity index (χ3n) is 4.38. The molecule has 0 atom stereocenters. The van der Waals surface area contributed by atoms with Gasteiger partial charge in [0.25, 0.3) is 0 Å². The van der Waals surface area contributed by atoms with Gasteiger partial charge in [-0.05, 0) is 71.9 Å². The van der Waals surface area contributed by atoms with Crippen LogP contribution in [0.4, 0.5) is 5.69 Å². The standard InChI is InChI=1S/C18H24N2OS/c21-13-15-4-7-20(8-5-15)12-16-2-1-3-18(10-16)19-11-17-6-9-22-14-17/h1-3,6,9-10,14-15,19,21H,4-5,7-8,11-13H2. The third kappa shape index (κ3) is 4.32. The Morgan fingerprint density at radius 1 is 1.18 bits per heavy atom. The van der Waals surface area contributed by atoms with E-state index in [4.69, 9.17) is 0 Å². The second-order valence-corrected chi connectivity index (χ2v) is 6.87. The molecule has 0 spiro atoms. The minimum Gasteiger partial charge on any atom is -0.396 e. The molecule has 1 aliphatic rings. The molecule has 4 heteroatoms. The molecule has 0 amide bonds. The lowest BCUT2D eigenvalue weighted by atomic mass is 9.97. The second kappa shape index (κ2) is 7.77. The predicted molar refractivity (Wildman–Crippen MR) is 93.2 cm³/mol. The minimum atomic E-state index is 0.343. The molecule has 1 aromatic carbocycles. The summed E-state index contributed by atoms with van der Waals surface area (Å²) in [7, 11) is 0. The van der Waals surface area contributed by atoms with Crippen LogP contribution in [0.2, 0.25) is 0 Å². The van der Waals surface area contributed by atoms with Crippen molar-refractivity contribution >= 4 is 17.0 Å². The molecule has 2 N–H and O–H groups in total. The molecular weight excluding hydrogens is 292 g/mol. The Kier molecular flexibility index (Phi) is 5.48. The summed E-state index contributed by atoms with van der Waals surface area (Å²) in [5.74, 6) is 0.509. The molecule has 0 aliphatic carbocycles. The van der Waals surface area contributed by atoms with Crippen LogP contribution < -0.4 is 5.32 Å². The molecule has 2 aromatic rings. The van der Waals surface area contributed by atoms with Gasteiger partial charge >= 0.3 is 0 Å². The number of hydrogen-bond donors (Lipinski definition) is 2. The highest BCUT2D eigenvalue weighted by Gasteiger charge is 2.18. The largest absolute Gasteiger partial charge is 0.396 e. The van der Waals surface area contributed by atoms with E-state index in [9.17, 15) is 5.11 Å². The van der Waals surface area contributed by atoms with Crippen LogP contribution in [-0.2, 0) is 13.1 Å². The SMILES string of the molecule is OCC1CCN(Cc2cccc(NCc3ccsc3)c2)CC1. The second-order valence-electron chi connectivity index (χ2n) is 6.09. The molecule has 1 aliphatic heterocycles. The Labute approximate surface area is 136 Å². The van der Waals surface area contributed by atoms with Gasteiger partial charge in [0, 0.05) is 25.4 Å². The summed E-state index contributed by atoms with van der Waals surface area (Å²) in [6, 6.07) is 10.9. The average molecular weight is 316 g/mol. The van der Waals surface area contributed by atoms with E-state index in [1.165, 1.54) is 16.8 Å². The Balaban J connectivity index is 1.52. The fourth-order valence-electron chi connectivity index (χ4n) is 2.96. The van der Waals surface area contributed by atoms with Gasteiger partial charge < -0.3 is 10.4 Å². The number of piperidine rings is 1. The van der Waals surface area contributed by atoms with Gasteiger partial charge in [-0.3, -0.25) is 4.90 Å². The van der Waals surface area contributed by atoms with Crippen LogP contribution in [-0.4, -0.2) is 29.7 Å². The zero-order valence-corrected chi connectivity index (χ0v) is 13.7. The molecule has 1 fully saturated rings. The van der Waals surface area contributed by atoms with Crippen molar-refractivity contribution in [2.24, 2.45) is 5.92 Å². The zero-order valence-electron chi connectivity index (χ0n) is 12.9. The van der Waals surface area contributed by atoms with Crippen molar-refractivity contribution in [1.29, 1.82) is 0 Å². The first-order valence-electron chi connectivity index (χ1n) is 8.00. The van der Waals surface area contributed by atoms with Crippen molar-refractivity contribution in [3.63, 3.8) is 0 Å². The number of anilines is 1. The predicted octanol–water partition coefficient (Wildman–Crippen LogP) is 3.56. The topological polar surface area (TPSA) is 35.5 Å². The van der Waals surface area contributed by atoms with Crippen molar-refractivity contribution in [2.75, 3.05) is 25.0 Å². The number of thiophene rings is 1. The third-order valence-corrected chi connectivity index (χ3v) is 5.11. The summed E-state index contributed by atoms with van der Waals surface area (Å²) in [5, 5.41) is 17.0. The number of nitrogens with one attached hydrogen (secondary N) is 1. The van der Waals surface area contributed by atoms with Crippen molar-refractivity contribution in [1.82, 2.24) is 4.90 Å². The summed E-state index contributed by atoms with van der Waals surface area (Å²) in [5.41, 5.74) is 3.88. The van der Waals surface area contributed by atoms with Gasteiger partial charge in [0.1, 0.15) is 0 Å². The molecular formula is C18H24N2OS. The summed E-state index contributed by atoms with van der Waals surface area (Å²) >= 11 is 1.74. The number of likely N-dealkylation sites (tertiary alicyclic amines) is 1. The number of rotatable bonds is 6. The van der Waals surface area contributed by atoms with Crippen LogP contribution in [0.25, 0.3) is 0 Å². The molecule has 1 aromatic heterocycles. The summed E-state index contributed by atoms with van der Waals surface area (Å²) in [6.07, 6.45) is 2.24. The van der Waals surface area contributed by atoms with E-state index in [1.807, 2.05) is 0 Å². The van der Waals surface area contributed by atoms with Gasteiger partial charge in [-0.2, -0.15) is 11.3 Å². The number of hydrogen-bond acceptors (Lipinski definition) is 4. The lowest BCUT2D eigenvalue weighted by molar-refractivity contribution is 0.127. The molecule has 0 radical (unpaired) electrons. The maximum Gasteiger partial charge on any atom is 0.0460 e. The van der Waals surface area contributed by atoms with Gasteiger partial charge in [0.15, 0.2) is 0 Å². The first-order chi connectivity index (χ1) is 10.8. The van der Waals surface area contributed by atoms with Crippen LogP contribution in [0.1, 0.15) is 24.0 Å². The molecule has 0 unspecified atom stereocenters. The van der Waals surface area contributed by atoms with Crippen LogP contribution in [0.15, 0.2) is 41.1 Å². The highest BCUT2D eigenvalue weighted by atomic mass is 32.1. The van der Waals surface area contributed by atoms with Crippen LogP contribution in [0, 0.1) is 5.92 Å². The molecule has 118 valence electrons. The lowest BCUT2D eigenvalue weighted by Gasteiger charge is -2.31. The fourth-order valence-corrected chi connectivity index (χ4v) is 3.63. The average Bonchev–Trinajstić information content (AvgIpc) is 3.08. The summed E-state index contributed by atoms with van der Waals surface area (Å²) in [6.45, 7) is 4.42. The maximum absolute atomic E-state index is 9.21. The van der Waals surface area contributed by atoms with E-state index in [-0.39, 0.29) is 0 Å². The quantitative estimate of drug-likeness (QED) is 0.855. The van der Waals surface area contributed by atoms with E-state index in [0.717, 1.165) is 39.0 Å². The molecule has 2 heterocycles. The number of aliphatic hydroxyl groups excluding tert-OH is 1. The van der Waals surface area contributed by atoms with Crippen molar-refractivity contribution in [3.8, 4) is 0 Å². The van der Waals surface area contributed by atoms with Gasteiger partial charge in [-0.1, -0.05) is 12.1 Å². The van der Waals surface area contributed by atoms with Crippen LogP contribution in [0.3, 0.4) is 0 Å². The lowest BCUT2D eigenvalue weighted by Crippen LogP contribution is -2.34. The Hall–Kier alpha value is -1.36. The first kappa shape index (κ1) is 15.5. The van der Waals surface area contributed by atoms with Crippen molar-refractivity contribution in [3.05, 3.63) is 52.2 Å². The smallest absolute Gasteiger partial charge is 0.0460 e. The highest BCUT2D eigenvalue weighted by molar-refractivity contribution is 7.07. The molecule has 0 bridgehead atoms. The Morgan fingerprint density at radius 3 is 2.77 bits per heavy atom. The minimum absolute atomic E-state index is 0.343. The van der Waals surface area contributed by atoms with Gasteiger partial charge in [0.2, 0.25) is 0 Å². The van der Waals surface area contributed by atoms with E-state index < -0.39 is 0 Å². The molecule has 3 nitrogen and oxygen atoms in total. The zero-order chi connectivity index (χ0) is 15.2.